The molecule has 0 amide bonds. The molecule has 0 saturated heterocycles. The molecule has 0 bridgehead atoms. The van der Waals surface area contributed by atoms with E-state index in [1.54, 1.807) is 0 Å². The fourth-order valence-corrected chi connectivity index (χ4v) is 0.948. The van der Waals surface area contributed by atoms with Crippen LogP contribution in [0.3, 0.4) is 0 Å². The number of aliphatic carboxylic acids is 1. The van der Waals surface area contributed by atoms with Crippen LogP contribution >= 0.6 is 11.8 Å². The molecule has 0 heterocycles. The summed E-state index contributed by atoms with van der Waals surface area (Å²) >= 11 is 1.36. The second-order valence-corrected chi connectivity index (χ2v) is 4.33. The van der Waals surface area contributed by atoms with Gasteiger partial charge in [-0.05, 0) is 13.8 Å². The lowest BCUT2D eigenvalue weighted by Gasteiger charge is -2.19. The van der Waals surface area contributed by atoms with Crippen LogP contribution in [0.4, 0.5) is 0 Å². The van der Waals surface area contributed by atoms with Crippen molar-refractivity contribution in [3.05, 3.63) is 0 Å². The SMILES string of the molecule is CC(C)(CN)SCC(=O)O. The molecule has 60 valence electrons. The van der Waals surface area contributed by atoms with Crippen LogP contribution in [0.5, 0.6) is 0 Å². The van der Waals surface area contributed by atoms with Crippen molar-refractivity contribution in [2.45, 2.75) is 18.6 Å². The van der Waals surface area contributed by atoms with Gasteiger partial charge in [-0.25, -0.2) is 0 Å². The average molecular weight is 163 g/mol. The van der Waals surface area contributed by atoms with E-state index >= 15 is 0 Å². The van der Waals surface area contributed by atoms with Crippen molar-refractivity contribution in [3.63, 3.8) is 0 Å². The highest BCUT2D eigenvalue weighted by atomic mass is 32.2. The van der Waals surface area contributed by atoms with Crippen LogP contribution in [0.1, 0.15) is 13.8 Å². The van der Waals surface area contributed by atoms with Crippen LogP contribution in [0.15, 0.2) is 0 Å². The smallest absolute Gasteiger partial charge is 0.313 e. The minimum Gasteiger partial charge on any atom is -0.481 e. The minimum absolute atomic E-state index is 0.113. The van der Waals surface area contributed by atoms with Crippen molar-refractivity contribution in [3.8, 4) is 0 Å². The summed E-state index contributed by atoms with van der Waals surface area (Å²) in [7, 11) is 0. The van der Waals surface area contributed by atoms with Gasteiger partial charge >= 0.3 is 5.97 Å². The molecule has 0 aliphatic rings. The molecule has 10 heavy (non-hydrogen) atoms. The molecule has 0 aromatic rings. The molecule has 0 aromatic carbocycles. The minimum atomic E-state index is -0.786. The summed E-state index contributed by atoms with van der Waals surface area (Å²) in [6.45, 7) is 4.37. The molecule has 3 N–H and O–H groups in total. The molecule has 0 aliphatic heterocycles. The lowest BCUT2D eigenvalue weighted by Crippen LogP contribution is -2.28. The van der Waals surface area contributed by atoms with E-state index in [1.165, 1.54) is 11.8 Å². The Hall–Kier alpha value is -0.220. The van der Waals surface area contributed by atoms with E-state index in [0.29, 0.717) is 6.54 Å². The molecule has 0 fully saturated rings. The van der Waals surface area contributed by atoms with Crippen molar-refractivity contribution >= 4 is 17.7 Å². The fourth-order valence-electron chi connectivity index (χ4n) is 0.316. The second-order valence-electron chi connectivity index (χ2n) is 2.65. The van der Waals surface area contributed by atoms with Crippen molar-refractivity contribution in [2.75, 3.05) is 12.3 Å². The number of thioether (sulfide) groups is 1. The van der Waals surface area contributed by atoms with Crippen LogP contribution in [-0.4, -0.2) is 28.1 Å². The Labute approximate surface area is 65.0 Å². The predicted molar refractivity (Wildman–Crippen MR) is 43.2 cm³/mol. The maximum Gasteiger partial charge on any atom is 0.313 e. The van der Waals surface area contributed by atoms with Crippen LogP contribution in [0.25, 0.3) is 0 Å². The van der Waals surface area contributed by atoms with E-state index < -0.39 is 5.97 Å². The van der Waals surface area contributed by atoms with Gasteiger partial charge < -0.3 is 10.8 Å². The van der Waals surface area contributed by atoms with E-state index in [0.717, 1.165) is 0 Å². The summed E-state index contributed by atoms with van der Waals surface area (Å²) in [5, 5.41) is 8.31. The van der Waals surface area contributed by atoms with Crippen LogP contribution in [0.2, 0.25) is 0 Å². The monoisotopic (exact) mass is 163 g/mol. The Morgan fingerprint density at radius 3 is 2.50 bits per heavy atom. The van der Waals surface area contributed by atoms with Gasteiger partial charge in [0.15, 0.2) is 0 Å². The van der Waals surface area contributed by atoms with E-state index in [4.69, 9.17) is 10.8 Å². The van der Waals surface area contributed by atoms with Gasteiger partial charge in [-0.1, -0.05) is 0 Å². The van der Waals surface area contributed by atoms with Gasteiger partial charge in [0.2, 0.25) is 0 Å². The van der Waals surface area contributed by atoms with Crippen molar-refractivity contribution in [1.29, 1.82) is 0 Å². The van der Waals surface area contributed by atoms with Gasteiger partial charge in [0.05, 0.1) is 5.75 Å². The quantitative estimate of drug-likeness (QED) is 0.635. The van der Waals surface area contributed by atoms with Crippen LogP contribution in [-0.2, 0) is 4.79 Å². The van der Waals surface area contributed by atoms with Gasteiger partial charge in [0.1, 0.15) is 0 Å². The molecule has 0 spiro atoms. The molecular weight excluding hydrogens is 150 g/mol. The zero-order chi connectivity index (χ0) is 8.20. The third kappa shape index (κ3) is 4.64. The third-order valence-electron chi connectivity index (χ3n) is 1.08. The van der Waals surface area contributed by atoms with E-state index in [-0.39, 0.29) is 10.5 Å². The molecule has 0 aromatic heterocycles. The number of carboxylic acids is 1. The largest absolute Gasteiger partial charge is 0.481 e. The first-order valence-electron chi connectivity index (χ1n) is 3.04. The highest BCUT2D eigenvalue weighted by molar-refractivity contribution is 8.01. The predicted octanol–water partition coefficient (Wildman–Crippen LogP) is 0.542. The Balaban J connectivity index is 3.56. The molecule has 3 nitrogen and oxygen atoms in total. The molecule has 0 radical (unpaired) electrons. The highest BCUT2D eigenvalue weighted by Gasteiger charge is 2.16. The Bertz CT molecular complexity index is 125. The maximum atomic E-state index is 10.1. The Kier molecular flexibility index (Phi) is 3.75. The summed E-state index contributed by atoms with van der Waals surface area (Å²) < 4.78 is -0.113. The van der Waals surface area contributed by atoms with Crippen molar-refractivity contribution in [1.82, 2.24) is 0 Å². The highest BCUT2D eigenvalue weighted by Crippen LogP contribution is 2.21. The summed E-state index contributed by atoms with van der Waals surface area (Å²) in [5.41, 5.74) is 5.38. The average Bonchev–Trinajstić information content (AvgIpc) is 1.85. The van der Waals surface area contributed by atoms with Crippen molar-refractivity contribution in [2.24, 2.45) is 5.73 Å². The first-order valence-corrected chi connectivity index (χ1v) is 4.02. The van der Waals surface area contributed by atoms with E-state index in [2.05, 4.69) is 0 Å². The second kappa shape index (κ2) is 3.83. The number of carboxylic acid groups (broad SMARTS) is 1. The number of nitrogens with two attached hydrogens (primary N) is 1. The first kappa shape index (κ1) is 9.78. The molecule has 0 unspecified atom stereocenters. The summed E-state index contributed by atoms with van der Waals surface area (Å²) in [5.74, 6) is -0.656. The molecule has 0 rings (SSSR count). The van der Waals surface area contributed by atoms with Crippen molar-refractivity contribution < 1.29 is 9.90 Å². The Morgan fingerprint density at radius 2 is 2.20 bits per heavy atom. The number of hydrogen-bond acceptors (Lipinski definition) is 3. The third-order valence-corrected chi connectivity index (χ3v) is 2.42. The molecular formula is C6H13NO2S. The molecule has 0 atom stereocenters. The lowest BCUT2D eigenvalue weighted by atomic mass is 10.2. The molecule has 0 saturated carbocycles. The molecule has 0 aliphatic carbocycles. The molecule has 4 heteroatoms. The van der Waals surface area contributed by atoms with Gasteiger partial charge in [-0.3, -0.25) is 4.79 Å². The summed E-state index contributed by atoms with van der Waals surface area (Å²) in [6.07, 6.45) is 0. The standard InChI is InChI=1S/C6H13NO2S/c1-6(2,4-7)10-3-5(8)9/h3-4,7H2,1-2H3,(H,8,9). The fraction of sp³-hybridized carbons (Fsp3) is 0.833. The van der Waals surface area contributed by atoms with Gasteiger partial charge in [-0.15, -0.1) is 11.8 Å². The zero-order valence-electron chi connectivity index (χ0n) is 6.26. The normalized spacial score (nSPS) is 11.5. The van der Waals surface area contributed by atoms with Gasteiger partial charge in [-0.2, -0.15) is 0 Å². The number of hydrogen-bond donors (Lipinski definition) is 2. The summed E-state index contributed by atoms with van der Waals surface area (Å²) in [4.78, 5) is 10.1. The maximum absolute atomic E-state index is 10.1. The van der Waals surface area contributed by atoms with E-state index in [1.807, 2.05) is 13.8 Å². The van der Waals surface area contributed by atoms with Gasteiger partial charge in [0.25, 0.3) is 0 Å². The zero-order valence-corrected chi connectivity index (χ0v) is 7.07. The van der Waals surface area contributed by atoms with E-state index in [9.17, 15) is 4.79 Å². The summed E-state index contributed by atoms with van der Waals surface area (Å²) in [6, 6.07) is 0. The Morgan fingerprint density at radius 1 is 1.70 bits per heavy atom. The number of carbonyl (C=O) groups is 1. The van der Waals surface area contributed by atoms with Crippen LogP contribution < -0.4 is 5.73 Å². The lowest BCUT2D eigenvalue weighted by molar-refractivity contribution is -0.133. The van der Waals surface area contributed by atoms with Gasteiger partial charge in [0, 0.05) is 11.3 Å². The van der Waals surface area contributed by atoms with Crippen LogP contribution in [0, 0.1) is 0 Å². The first-order chi connectivity index (χ1) is 4.48. The topological polar surface area (TPSA) is 63.3 Å². The number of rotatable bonds is 4.